The van der Waals surface area contributed by atoms with Crippen molar-refractivity contribution >= 4 is 28.0 Å². The maximum atomic E-state index is 3.88. The van der Waals surface area contributed by atoms with E-state index in [1.54, 1.807) is 0 Å². The molecule has 68 valence electrons. The number of hydrogen-bond donors (Lipinski definition) is 1. The van der Waals surface area contributed by atoms with Crippen LogP contribution in [0.2, 0.25) is 0 Å². The number of para-hydroxylation sites is 2. The Labute approximate surface area is 100 Å². The van der Waals surface area contributed by atoms with Gasteiger partial charge in [-0.05, 0) is 12.1 Å². The van der Waals surface area contributed by atoms with E-state index in [9.17, 15) is 0 Å². The van der Waals surface area contributed by atoms with Gasteiger partial charge < -0.3 is 11.0 Å². The molecule has 13 heavy (non-hydrogen) atoms. The van der Waals surface area contributed by atoms with Crippen LogP contribution in [0, 0.1) is 0 Å². The van der Waals surface area contributed by atoms with Crippen LogP contribution < -0.4 is 0 Å². The molecule has 0 amide bonds. The molecule has 0 bridgehead atoms. The minimum Gasteiger partial charge on any atom is -2.00 e. The standard InChI is InChI=1S/C6H5N3.BrH.2O.Ti/c1-2-4-6-5(3-1)7-9-8-6;;;;/h1-4H,(H,7,8,9);1H;;;/q;;2*-2;+4. The summed E-state index contributed by atoms with van der Waals surface area (Å²) >= 11 is 0. The second-order valence-electron chi connectivity index (χ2n) is 1.81. The van der Waals surface area contributed by atoms with E-state index in [4.69, 9.17) is 0 Å². The van der Waals surface area contributed by atoms with E-state index >= 15 is 0 Å². The van der Waals surface area contributed by atoms with Crippen molar-refractivity contribution in [2.45, 2.75) is 0 Å². The first-order chi connectivity index (χ1) is 4.47. The fourth-order valence-corrected chi connectivity index (χ4v) is 0.786. The number of nitrogens with zero attached hydrogens (tertiary/aromatic N) is 2. The molecular formula is C6H6BrN3O2Ti. The quantitative estimate of drug-likeness (QED) is 0.735. The van der Waals surface area contributed by atoms with Gasteiger partial charge in [0.2, 0.25) is 0 Å². The maximum absolute atomic E-state index is 3.88. The van der Waals surface area contributed by atoms with Crippen LogP contribution in [0.25, 0.3) is 11.0 Å². The van der Waals surface area contributed by atoms with Gasteiger partial charge in [-0.1, -0.05) is 12.1 Å². The first-order valence-electron chi connectivity index (χ1n) is 2.72. The molecule has 0 spiro atoms. The van der Waals surface area contributed by atoms with Gasteiger partial charge in [-0.3, -0.25) is 0 Å². The summed E-state index contributed by atoms with van der Waals surface area (Å²) in [7, 11) is 0. The van der Waals surface area contributed by atoms with Crippen LogP contribution in [-0.2, 0) is 32.7 Å². The van der Waals surface area contributed by atoms with Gasteiger partial charge in [0, 0.05) is 0 Å². The normalized spacial score (nSPS) is 7.08. The Hall–Kier alpha value is -0.266. The monoisotopic (exact) mass is 279 g/mol. The molecule has 0 saturated heterocycles. The van der Waals surface area contributed by atoms with E-state index in [0.29, 0.717) is 0 Å². The summed E-state index contributed by atoms with van der Waals surface area (Å²) in [6.45, 7) is 0. The Balaban J connectivity index is -0.000000250. The summed E-state index contributed by atoms with van der Waals surface area (Å²) in [5, 5.41) is 10.3. The molecule has 0 unspecified atom stereocenters. The SMILES string of the molecule is Br.[O-2].[O-2].[Ti+4].c1ccc2n[nH]nc2c1. The van der Waals surface area contributed by atoms with E-state index in [-0.39, 0.29) is 49.7 Å². The minimum absolute atomic E-state index is 0. The Morgan fingerprint density at radius 1 is 0.923 bits per heavy atom. The zero-order chi connectivity index (χ0) is 6.10. The topological polar surface area (TPSA) is 98.6 Å². The van der Waals surface area contributed by atoms with Gasteiger partial charge in [0.15, 0.2) is 0 Å². The predicted octanol–water partition coefficient (Wildman–Crippen LogP) is 1.30. The van der Waals surface area contributed by atoms with Crippen molar-refractivity contribution < 1.29 is 32.7 Å². The molecule has 0 aliphatic carbocycles. The van der Waals surface area contributed by atoms with Gasteiger partial charge in [-0.25, -0.2) is 0 Å². The van der Waals surface area contributed by atoms with Crippen LogP contribution in [0.3, 0.4) is 0 Å². The molecule has 5 nitrogen and oxygen atoms in total. The molecule has 1 heterocycles. The predicted molar refractivity (Wildman–Crippen MR) is 45.6 cm³/mol. The van der Waals surface area contributed by atoms with Gasteiger partial charge in [-0.15, -0.1) is 17.0 Å². The largest absolute Gasteiger partial charge is 4.00 e. The summed E-state index contributed by atoms with van der Waals surface area (Å²) in [6.07, 6.45) is 0. The van der Waals surface area contributed by atoms with Crippen molar-refractivity contribution in [2.75, 3.05) is 0 Å². The van der Waals surface area contributed by atoms with Gasteiger partial charge in [0.05, 0.1) is 0 Å². The molecule has 0 aliphatic rings. The Morgan fingerprint density at radius 3 is 1.69 bits per heavy atom. The van der Waals surface area contributed by atoms with Gasteiger partial charge in [-0.2, -0.15) is 15.4 Å². The number of aromatic nitrogens is 3. The van der Waals surface area contributed by atoms with Crippen LogP contribution in [0.5, 0.6) is 0 Å². The zero-order valence-corrected chi connectivity index (χ0v) is 9.70. The molecule has 1 aromatic heterocycles. The molecule has 0 aliphatic heterocycles. The molecule has 0 radical (unpaired) electrons. The third-order valence-corrected chi connectivity index (χ3v) is 1.22. The van der Waals surface area contributed by atoms with Gasteiger partial charge in [0.25, 0.3) is 0 Å². The molecule has 0 atom stereocenters. The van der Waals surface area contributed by atoms with Gasteiger partial charge in [0.1, 0.15) is 11.0 Å². The Bertz CT molecular complexity index is 300. The molecule has 7 heteroatoms. The van der Waals surface area contributed by atoms with E-state index in [1.807, 2.05) is 24.3 Å². The number of hydrogen-bond acceptors (Lipinski definition) is 2. The summed E-state index contributed by atoms with van der Waals surface area (Å²) in [6, 6.07) is 7.70. The van der Waals surface area contributed by atoms with Crippen LogP contribution in [-0.4, -0.2) is 15.4 Å². The summed E-state index contributed by atoms with van der Waals surface area (Å²) in [5.74, 6) is 0. The smallest absolute Gasteiger partial charge is 2.00 e. The van der Waals surface area contributed by atoms with E-state index < -0.39 is 0 Å². The van der Waals surface area contributed by atoms with Crippen LogP contribution in [0.4, 0.5) is 0 Å². The fourth-order valence-electron chi connectivity index (χ4n) is 0.786. The minimum atomic E-state index is 0. The van der Waals surface area contributed by atoms with Crippen LogP contribution in [0.1, 0.15) is 0 Å². The number of nitrogens with one attached hydrogen (secondary N) is 1. The van der Waals surface area contributed by atoms with Crippen molar-refractivity contribution in [1.29, 1.82) is 0 Å². The number of fused-ring (bicyclic) bond motifs is 1. The zero-order valence-electron chi connectivity index (χ0n) is 6.43. The van der Waals surface area contributed by atoms with Crippen molar-refractivity contribution in [1.82, 2.24) is 15.4 Å². The number of rotatable bonds is 0. The Morgan fingerprint density at radius 2 is 1.31 bits per heavy atom. The molecule has 0 fully saturated rings. The second kappa shape index (κ2) is 8.34. The van der Waals surface area contributed by atoms with Crippen molar-refractivity contribution in [3.63, 3.8) is 0 Å². The first kappa shape index (κ1) is 18.5. The molecule has 0 saturated carbocycles. The molecule has 1 N–H and O–H groups in total. The second-order valence-corrected chi connectivity index (χ2v) is 1.81. The summed E-state index contributed by atoms with van der Waals surface area (Å²) in [5.41, 5.74) is 1.83. The fraction of sp³-hybridized carbons (Fsp3) is 0. The third-order valence-electron chi connectivity index (χ3n) is 1.22. The average Bonchev–Trinajstić information content (AvgIpc) is 2.33. The van der Waals surface area contributed by atoms with Crippen LogP contribution >= 0.6 is 17.0 Å². The number of benzene rings is 1. The molecular weight excluding hydrogens is 274 g/mol. The van der Waals surface area contributed by atoms with Crippen molar-refractivity contribution in [3.8, 4) is 0 Å². The maximum Gasteiger partial charge on any atom is 4.00 e. The average molecular weight is 280 g/mol. The van der Waals surface area contributed by atoms with Crippen LogP contribution in [0.15, 0.2) is 24.3 Å². The number of halogens is 1. The van der Waals surface area contributed by atoms with Gasteiger partial charge >= 0.3 is 21.7 Å². The molecule has 2 aromatic rings. The molecule has 2 rings (SSSR count). The van der Waals surface area contributed by atoms with Crippen molar-refractivity contribution in [3.05, 3.63) is 24.3 Å². The van der Waals surface area contributed by atoms with E-state index in [1.165, 1.54) is 0 Å². The molecule has 1 aromatic carbocycles. The number of aromatic amines is 1. The van der Waals surface area contributed by atoms with Crippen molar-refractivity contribution in [2.24, 2.45) is 0 Å². The number of H-pyrrole nitrogens is 1. The summed E-state index contributed by atoms with van der Waals surface area (Å²) in [4.78, 5) is 0. The van der Waals surface area contributed by atoms with E-state index in [0.717, 1.165) is 11.0 Å². The van der Waals surface area contributed by atoms with E-state index in [2.05, 4.69) is 15.4 Å². The Kier molecular flexibility index (Phi) is 11.9. The third kappa shape index (κ3) is 3.97. The first-order valence-corrected chi connectivity index (χ1v) is 2.72. The summed E-state index contributed by atoms with van der Waals surface area (Å²) < 4.78 is 0.